The van der Waals surface area contributed by atoms with Crippen LogP contribution in [0.5, 0.6) is 0 Å². The molecule has 0 bridgehead atoms. The Balaban J connectivity index is 2.66. The minimum Gasteiger partial charge on any atom is -0.295 e. The van der Waals surface area contributed by atoms with Crippen LogP contribution in [0.15, 0.2) is 36.8 Å². The molecule has 3 aromatic rings. The maximum Gasteiger partial charge on any atom is 0.0998 e. The summed E-state index contributed by atoms with van der Waals surface area (Å²) in [4.78, 5) is 8.65. The maximum atomic E-state index is 4.52. The third-order valence-corrected chi connectivity index (χ3v) is 2.44. The molecule has 2 heterocycles. The molecular weight excluding hydrogens is 174 g/mol. The number of aryl methyl sites for hydroxylation is 1. The van der Waals surface area contributed by atoms with Crippen LogP contribution in [0.4, 0.5) is 0 Å². The number of para-hydroxylation sites is 2. The SMILES string of the molecule is Cc1nc2ccccc2n2cncc12. The zero-order chi connectivity index (χ0) is 9.54. The average Bonchev–Trinajstić information content (AvgIpc) is 2.67. The van der Waals surface area contributed by atoms with E-state index in [-0.39, 0.29) is 0 Å². The Morgan fingerprint density at radius 1 is 1.14 bits per heavy atom. The molecule has 2 aromatic heterocycles. The van der Waals surface area contributed by atoms with Gasteiger partial charge in [-0.25, -0.2) is 9.97 Å². The van der Waals surface area contributed by atoms with E-state index in [4.69, 9.17) is 0 Å². The number of nitrogens with zero attached hydrogens (tertiary/aromatic N) is 3. The van der Waals surface area contributed by atoms with Gasteiger partial charge in [-0.05, 0) is 19.1 Å². The maximum absolute atomic E-state index is 4.52. The van der Waals surface area contributed by atoms with E-state index in [9.17, 15) is 0 Å². The van der Waals surface area contributed by atoms with Gasteiger partial charge in [0.25, 0.3) is 0 Å². The molecule has 0 atom stereocenters. The number of benzene rings is 1. The minimum absolute atomic E-state index is 1.01. The zero-order valence-corrected chi connectivity index (χ0v) is 7.81. The van der Waals surface area contributed by atoms with Gasteiger partial charge >= 0.3 is 0 Å². The highest BCUT2D eigenvalue weighted by Gasteiger charge is 2.03. The standard InChI is InChI=1S/C11H9N3/c1-8-11-6-12-7-14(11)10-5-3-2-4-9(10)13-8/h2-7H,1H3. The van der Waals surface area contributed by atoms with Crippen LogP contribution in [-0.4, -0.2) is 14.4 Å². The summed E-state index contributed by atoms with van der Waals surface area (Å²) in [7, 11) is 0. The van der Waals surface area contributed by atoms with Crippen molar-refractivity contribution >= 4 is 16.6 Å². The lowest BCUT2D eigenvalue weighted by Crippen LogP contribution is -1.92. The highest BCUT2D eigenvalue weighted by molar-refractivity contribution is 5.78. The fourth-order valence-electron chi connectivity index (χ4n) is 1.76. The van der Waals surface area contributed by atoms with Crippen molar-refractivity contribution in [3.05, 3.63) is 42.5 Å². The zero-order valence-electron chi connectivity index (χ0n) is 7.81. The second-order valence-electron chi connectivity index (χ2n) is 3.33. The Bertz CT molecular complexity index is 610. The third-order valence-electron chi connectivity index (χ3n) is 2.44. The predicted molar refractivity (Wildman–Crippen MR) is 55.2 cm³/mol. The summed E-state index contributed by atoms with van der Waals surface area (Å²) in [5.74, 6) is 0. The molecule has 0 amide bonds. The summed E-state index contributed by atoms with van der Waals surface area (Å²) in [5, 5.41) is 0. The van der Waals surface area contributed by atoms with Gasteiger partial charge in [0.05, 0.1) is 34.8 Å². The lowest BCUT2D eigenvalue weighted by Gasteiger charge is -2.03. The number of hydrogen-bond donors (Lipinski definition) is 0. The van der Waals surface area contributed by atoms with Gasteiger partial charge in [-0.3, -0.25) is 4.40 Å². The molecule has 0 saturated carbocycles. The van der Waals surface area contributed by atoms with Crippen LogP contribution in [-0.2, 0) is 0 Å². The number of fused-ring (bicyclic) bond motifs is 3. The molecule has 0 unspecified atom stereocenters. The van der Waals surface area contributed by atoms with E-state index in [1.165, 1.54) is 0 Å². The number of hydrogen-bond acceptors (Lipinski definition) is 2. The van der Waals surface area contributed by atoms with Crippen molar-refractivity contribution in [3.63, 3.8) is 0 Å². The van der Waals surface area contributed by atoms with Gasteiger partial charge < -0.3 is 0 Å². The summed E-state index contributed by atoms with van der Waals surface area (Å²) in [6.07, 6.45) is 3.67. The Morgan fingerprint density at radius 2 is 2.00 bits per heavy atom. The van der Waals surface area contributed by atoms with Crippen molar-refractivity contribution in [2.24, 2.45) is 0 Å². The summed E-state index contributed by atoms with van der Waals surface area (Å²) < 4.78 is 2.07. The van der Waals surface area contributed by atoms with Gasteiger partial charge in [0, 0.05) is 0 Å². The normalized spacial score (nSPS) is 11.2. The first kappa shape index (κ1) is 7.50. The summed E-state index contributed by atoms with van der Waals surface area (Å²) in [5.41, 5.74) is 4.20. The van der Waals surface area contributed by atoms with E-state index in [1.807, 2.05) is 37.6 Å². The van der Waals surface area contributed by atoms with Crippen LogP contribution in [0, 0.1) is 6.92 Å². The summed E-state index contributed by atoms with van der Waals surface area (Å²) >= 11 is 0. The Hall–Kier alpha value is -1.90. The minimum atomic E-state index is 1.01. The number of imidazole rings is 1. The van der Waals surface area contributed by atoms with E-state index < -0.39 is 0 Å². The fourth-order valence-corrected chi connectivity index (χ4v) is 1.76. The van der Waals surface area contributed by atoms with E-state index in [1.54, 1.807) is 0 Å². The molecule has 0 aliphatic carbocycles. The molecule has 3 rings (SSSR count). The van der Waals surface area contributed by atoms with E-state index in [0.29, 0.717) is 0 Å². The third kappa shape index (κ3) is 0.865. The van der Waals surface area contributed by atoms with Crippen LogP contribution in [0.25, 0.3) is 16.6 Å². The molecule has 0 N–H and O–H groups in total. The molecule has 0 fully saturated rings. The average molecular weight is 183 g/mol. The lowest BCUT2D eigenvalue weighted by atomic mass is 10.3. The molecule has 3 nitrogen and oxygen atoms in total. The second-order valence-corrected chi connectivity index (χ2v) is 3.33. The molecule has 0 aliphatic heterocycles. The second kappa shape index (κ2) is 2.54. The molecule has 0 saturated heterocycles. The predicted octanol–water partition coefficient (Wildman–Crippen LogP) is 2.19. The largest absolute Gasteiger partial charge is 0.295 e. The molecule has 0 aliphatic rings. The van der Waals surface area contributed by atoms with Gasteiger partial charge in [-0.15, -0.1) is 0 Å². The van der Waals surface area contributed by atoms with E-state index in [0.717, 1.165) is 22.2 Å². The highest BCUT2D eigenvalue weighted by Crippen LogP contribution is 2.16. The molecule has 0 radical (unpaired) electrons. The Labute approximate surface area is 81.0 Å². The molecule has 68 valence electrons. The molecule has 3 heteroatoms. The quantitative estimate of drug-likeness (QED) is 0.534. The van der Waals surface area contributed by atoms with Crippen molar-refractivity contribution < 1.29 is 0 Å². The van der Waals surface area contributed by atoms with Crippen LogP contribution < -0.4 is 0 Å². The Kier molecular flexibility index (Phi) is 1.36. The van der Waals surface area contributed by atoms with Gasteiger partial charge in [-0.2, -0.15) is 0 Å². The van der Waals surface area contributed by atoms with Gasteiger partial charge in [0.1, 0.15) is 0 Å². The van der Waals surface area contributed by atoms with Crippen molar-refractivity contribution in [3.8, 4) is 0 Å². The van der Waals surface area contributed by atoms with Crippen LogP contribution in [0.2, 0.25) is 0 Å². The van der Waals surface area contributed by atoms with E-state index in [2.05, 4.69) is 20.4 Å². The summed E-state index contributed by atoms with van der Waals surface area (Å²) in [6, 6.07) is 8.08. The van der Waals surface area contributed by atoms with Gasteiger partial charge in [0.2, 0.25) is 0 Å². The van der Waals surface area contributed by atoms with Crippen LogP contribution >= 0.6 is 0 Å². The lowest BCUT2D eigenvalue weighted by molar-refractivity contribution is 1.15. The smallest absolute Gasteiger partial charge is 0.0998 e. The van der Waals surface area contributed by atoms with E-state index >= 15 is 0 Å². The number of aromatic nitrogens is 3. The van der Waals surface area contributed by atoms with Gasteiger partial charge in [0.15, 0.2) is 0 Å². The fraction of sp³-hybridized carbons (Fsp3) is 0.0909. The van der Waals surface area contributed by atoms with Crippen LogP contribution in [0.3, 0.4) is 0 Å². The molecule has 0 spiro atoms. The first-order valence-corrected chi connectivity index (χ1v) is 4.54. The van der Waals surface area contributed by atoms with Crippen LogP contribution in [0.1, 0.15) is 5.69 Å². The topological polar surface area (TPSA) is 30.2 Å². The van der Waals surface area contributed by atoms with Gasteiger partial charge in [-0.1, -0.05) is 12.1 Å². The first-order valence-electron chi connectivity index (χ1n) is 4.54. The monoisotopic (exact) mass is 183 g/mol. The van der Waals surface area contributed by atoms with Crippen molar-refractivity contribution in [2.75, 3.05) is 0 Å². The molecule has 14 heavy (non-hydrogen) atoms. The van der Waals surface area contributed by atoms with Crippen molar-refractivity contribution in [2.45, 2.75) is 6.92 Å². The number of rotatable bonds is 0. The first-order chi connectivity index (χ1) is 6.86. The molecule has 1 aromatic carbocycles. The summed E-state index contributed by atoms with van der Waals surface area (Å²) in [6.45, 7) is 2.00. The Morgan fingerprint density at radius 3 is 2.93 bits per heavy atom. The molecular formula is C11H9N3. The van der Waals surface area contributed by atoms with Crippen molar-refractivity contribution in [1.82, 2.24) is 14.4 Å². The van der Waals surface area contributed by atoms with Crippen molar-refractivity contribution in [1.29, 1.82) is 0 Å². The highest BCUT2D eigenvalue weighted by atomic mass is 15.0.